The fourth-order valence-electron chi connectivity index (χ4n) is 2.82. The molecule has 0 fully saturated rings. The third-order valence-corrected chi connectivity index (χ3v) is 4.14. The van der Waals surface area contributed by atoms with Gasteiger partial charge < -0.3 is 18.9 Å². The van der Waals surface area contributed by atoms with Crippen molar-refractivity contribution < 1.29 is 23.3 Å². The molecule has 3 rings (SSSR count). The molecule has 0 spiro atoms. The minimum Gasteiger partial charge on any atom is -0.496 e. The molecule has 0 heterocycles. The highest BCUT2D eigenvalue weighted by Crippen LogP contribution is 2.33. The van der Waals surface area contributed by atoms with Crippen molar-refractivity contribution in [2.24, 2.45) is 0 Å². The lowest BCUT2D eigenvalue weighted by Gasteiger charge is -2.13. The van der Waals surface area contributed by atoms with Crippen LogP contribution in [0.5, 0.6) is 23.0 Å². The molecular weight excluding hydrogens is 347 g/mol. The van der Waals surface area contributed by atoms with Crippen molar-refractivity contribution in [2.45, 2.75) is 6.61 Å². The summed E-state index contributed by atoms with van der Waals surface area (Å²) < 4.78 is 35.8. The summed E-state index contributed by atoms with van der Waals surface area (Å²) in [5.74, 6) is 2.00. The third kappa shape index (κ3) is 4.31. The second kappa shape index (κ2) is 8.45. The summed E-state index contributed by atoms with van der Waals surface area (Å²) >= 11 is 0. The Balaban J connectivity index is 1.83. The molecule has 5 heteroatoms. The van der Waals surface area contributed by atoms with E-state index in [1.165, 1.54) is 12.1 Å². The normalized spacial score (nSPS) is 10.4. The summed E-state index contributed by atoms with van der Waals surface area (Å²) in [6.45, 7) is 0.273. The first kappa shape index (κ1) is 18.6. The molecule has 0 saturated carbocycles. The molecule has 0 aliphatic heterocycles. The first-order valence-electron chi connectivity index (χ1n) is 8.42. The minimum atomic E-state index is -0.374. The van der Waals surface area contributed by atoms with Crippen LogP contribution in [0.3, 0.4) is 0 Å². The van der Waals surface area contributed by atoms with Crippen LogP contribution in [0, 0.1) is 5.82 Å². The van der Waals surface area contributed by atoms with E-state index in [2.05, 4.69) is 0 Å². The molecule has 0 radical (unpaired) electrons. The van der Waals surface area contributed by atoms with Crippen molar-refractivity contribution in [1.82, 2.24) is 0 Å². The van der Waals surface area contributed by atoms with Gasteiger partial charge in [-0.1, -0.05) is 24.3 Å². The van der Waals surface area contributed by atoms with Crippen molar-refractivity contribution >= 4 is 0 Å². The summed E-state index contributed by atoms with van der Waals surface area (Å²) in [6, 6.07) is 17.6. The largest absolute Gasteiger partial charge is 0.496 e. The molecule has 3 aromatic carbocycles. The number of halogens is 1. The molecule has 0 saturated heterocycles. The summed E-state index contributed by atoms with van der Waals surface area (Å²) in [5, 5.41) is 0. The third-order valence-electron chi connectivity index (χ3n) is 4.14. The molecule has 140 valence electrons. The lowest BCUT2D eigenvalue weighted by atomic mass is 10.0. The highest BCUT2D eigenvalue weighted by atomic mass is 19.1. The topological polar surface area (TPSA) is 36.9 Å². The standard InChI is InChI=1S/C22H21FO4/c1-24-20-7-5-4-6-19(20)16-11-17(23)13-18(12-16)27-14-15-8-9-21(25-2)22(10-15)26-3/h4-13H,14H2,1-3H3. The van der Waals surface area contributed by atoms with E-state index in [0.717, 1.165) is 11.1 Å². The highest BCUT2D eigenvalue weighted by Gasteiger charge is 2.10. The average Bonchev–Trinajstić information content (AvgIpc) is 2.71. The van der Waals surface area contributed by atoms with Crippen LogP contribution in [0.25, 0.3) is 11.1 Å². The van der Waals surface area contributed by atoms with Gasteiger partial charge in [0.15, 0.2) is 11.5 Å². The van der Waals surface area contributed by atoms with Gasteiger partial charge in [-0.3, -0.25) is 0 Å². The van der Waals surface area contributed by atoms with Crippen LogP contribution in [0.2, 0.25) is 0 Å². The summed E-state index contributed by atoms with van der Waals surface area (Å²) in [7, 11) is 4.75. The van der Waals surface area contributed by atoms with Crippen LogP contribution in [0.15, 0.2) is 60.7 Å². The van der Waals surface area contributed by atoms with Crippen LogP contribution in [0.1, 0.15) is 5.56 Å². The Morgan fingerprint density at radius 1 is 0.741 bits per heavy atom. The molecule has 0 N–H and O–H groups in total. The maximum Gasteiger partial charge on any atom is 0.161 e. The highest BCUT2D eigenvalue weighted by molar-refractivity contribution is 5.71. The molecule has 0 bridgehead atoms. The van der Waals surface area contributed by atoms with Crippen molar-refractivity contribution in [3.8, 4) is 34.1 Å². The lowest BCUT2D eigenvalue weighted by molar-refractivity contribution is 0.302. The molecule has 0 aliphatic carbocycles. The summed E-state index contributed by atoms with van der Waals surface area (Å²) in [5.41, 5.74) is 2.38. The van der Waals surface area contributed by atoms with Crippen LogP contribution in [-0.2, 0) is 6.61 Å². The van der Waals surface area contributed by atoms with E-state index in [4.69, 9.17) is 18.9 Å². The van der Waals surface area contributed by atoms with E-state index >= 15 is 0 Å². The second-order valence-corrected chi connectivity index (χ2v) is 5.85. The van der Waals surface area contributed by atoms with E-state index in [0.29, 0.717) is 28.6 Å². The van der Waals surface area contributed by atoms with Crippen molar-refractivity contribution in [1.29, 1.82) is 0 Å². The number of benzene rings is 3. The van der Waals surface area contributed by atoms with E-state index in [1.807, 2.05) is 42.5 Å². The molecule has 4 nitrogen and oxygen atoms in total. The van der Waals surface area contributed by atoms with Gasteiger partial charge in [-0.25, -0.2) is 4.39 Å². The predicted octanol–water partition coefficient (Wildman–Crippen LogP) is 5.10. The van der Waals surface area contributed by atoms with Crippen LogP contribution in [-0.4, -0.2) is 21.3 Å². The Labute approximate surface area is 158 Å². The van der Waals surface area contributed by atoms with Crippen LogP contribution >= 0.6 is 0 Å². The SMILES string of the molecule is COc1ccc(COc2cc(F)cc(-c3ccccc3OC)c2)cc1OC. The van der Waals surface area contributed by atoms with Gasteiger partial charge >= 0.3 is 0 Å². The molecular formula is C22H21FO4. The number of para-hydroxylation sites is 1. The van der Waals surface area contributed by atoms with Crippen molar-refractivity contribution in [3.05, 3.63) is 72.0 Å². The first-order chi connectivity index (χ1) is 13.1. The Morgan fingerprint density at radius 2 is 1.48 bits per heavy atom. The molecule has 0 aliphatic rings. The Hall–Kier alpha value is -3.21. The molecule has 27 heavy (non-hydrogen) atoms. The molecule has 0 atom stereocenters. The van der Waals surface area contributed by atoms with E-state index in [1.54, 1.807) is 27.4 Å². The first-order valence-corrected chi connectivity index (χ1v) is 8.42. The summed E-state index contributed by atoms with van der Waals surface area (Å²) in [6.07, 6.45) is 0. The molecule has 0 amide bonds. The lowest BCUT2D eigenvalue weighted by Crippen LogP contribution is -1.98. The van der Waals surface area contributed by atoms with Gasteiger partial charge in [0, 0.05) is 11.6 Å². The molecule has 3 aromatic rings. The minimum absolute atomic E-state index is 0.273. The van der Waals surface area contributed by atoms with Crippen LogP contribution in [0.4, 0.5) is 4.39 Å². The number of methoxy groups -OCH3 is 3. The zero-order valence-corrected chi connectivity index (χ0v) is 15.5. The van der Waals surface area contributed by atoms with Crippen molar-refractivity contribution in [2.75, 3.05) is 21.3 Å². The summed E-state index contributed by atoms with van der Waals surface area (Å²) in [4.78, 5) is 0. The quantitative estimate of drug-likeness (QED) is 0.582. The van der Waals surface area contributed by atoms with Gasteiger partial charge in [0.1, 0.15) is 23.9 Å². The monoisotopic (exact) mass is 368 g/mol. The molecule has 0 aromatic heterocycles. The van der Waals surface area contributed by atoms with Gasteiger partial charge in [0.2, 0.25) is 0 Å². The number of rotatable bonds is 7. The van der Waals surface area contributed by atoms with Crippen molar-refractivity contribution in [3.63, 3.8) is 0 Å². The van der Waals surface area contributed by atoms with Gasteiger partial charge in [-0.15, -0.1) is 0 Å². The van der Waals surface area contributed by atoms with Gasteiger partial charge in [0.05, 0.1) is 21.3 Å². The number of hydrogen-bond acceptors (Lipinski definition) is 4. The zero-order valence-electron chi connectivity index (χ0n) is 15.5. The Morgan fingerprint density at radius 3 is 2.22 bits per heavy atom. The van der Waals surface area contributed by atoms with Gasteiger partial charge in [0.25, 0.3) is 0 Å². The van der Waals surface area contributed by atoms with Gasteiger partial charge in [-0.2, -0.15) is 0 Å². The fourth-order valence-corrected chi connectivity index (χ4v) is 2.82. The van der Waals surface area contributed by atoms with Gasteiger partial charge in [-0.05, 0) is 41.5 Å². The van der Waals surface area contributed by atoms with E-state index < -0.39 is 0 Å². The average molecular weight is 368 g/mol. The molecule has 0 unspecified atom stereocenters. The zero-order chi connectivity index (χ0) is 19.2. The maximum atomic E-state index is 14.1. The fraction of sp³-hybridized carbons (Fsp3) is 0.182. The van der Waals surface area contributed by atoms with E-state index in [-0.39, 0.29) is 12.4 Å². The van der Waals surface area contributed by atoms with Crippen LogP contribution < -0.4 is 18.9 Å². The smallest absolute Gasteiger partial charge is 0.161 e. The van der Waals surface area contributed by atoms with E-state index in [9.17, 15) is 4.39 Å². The number of hydrogen-bond donors (Lipinski definition) is 0. The second-order valence-electron chi connectivity index (χ2n) is 5.85. The Kier molecular flexibility index (Phi) is 5.81. The Bertz CT molecular complexity index is 924. The maximum absolute atomic E-state index is 14.1. The predicted molar refractivity (Wildman–Crippen MR) is 102 cm³/mol. The number of ether oxygens (including phenoxy) is 4.